The van der Waals surface area contributed by atoms with Gasteiger partial charge in [0, 0.05) is 11.3 Å². The van der Waals surface area contributed by atoms with Gasteiger partial charge in [0.25, 0.3) is 0 Å². The molecule has 1 saturated carbocycles. The van der Waals surface area contributed by atoms with Crippen LogP contribution in [0.15, 0.2) is 53.7 Å². The molecule has 2 heterocycles. The highest BCUT2D eigenvalue weighted by atomic mass is 32.2. The van der Waals surface area contributed by atoms with Crippen LogP contribution in [0.1, 0.15) is 43.2 Å². The maximum absolute atomic E-state index is 13.6. The molecular weight excluding hydrogens is 406 g/mol. The summed E-state index contributed by atoms with van der Waals surface area (Å²) in [7, 11) is 0. The van der Waals surface area contributed by atoms with E-state index in [0.717, 1.165) is 53.5 Å². The van der Waals surface area contributed by atoms with Gasteiger partial charge in [-0.05, 0) is 43.9 Å². The van der Waals surface area contributed by atoms with Crippen LogP contribution in [0.5, 0.6) is 0 Å². The van der Waals surface area contributed by atoms with E-state index in [0.29, 0.717) is 0 Å². The molecule has 0 bridgehead atoms. The number of hydrogen-bond donors (Lipinski definition) is 2. The first-order valence-corrected chi connectivity index (χ1v) is 11.8. The number of anilines is 1. The molecule has 1 spiro atoms. The van der Waals surface area contributed by atoms with Gasteiger partial charge in [0.2, 0.25) is 11.1 Å². The van der Waals surface area contributed by atoms with Crippen molar-refractivity contribution in [1.29, 1.82) is 0 Å². The monoisotopic (exact) mass is 433 g/mol. The summed E-state index contributed by atoms with van der Waals surface area (Å²) < 4.78 is 1.99. The van der Waals surface area contributed by atoms with Crippen LogP contribution in [0.4, 0.5) is 5.69 Å². The average Bonchev–Trinajstić information content (AvgIpc) is 3.19. The molecule has 6 nitrogen and oxygen atoms in total. The molecule has 1 aliphatic heterocycles. The van der Waals surface area contributed by atoms with Crippen LogP contribution in [0.25, 0.3) is 11.4 Å². The van der Waals surface area contributed by atoms with E-state index in [9.17, 15) is 4.79 Å². The van der Waals surface area contributed by atoms with E-state index in [1.165, 1.54) is 23.7 Å². The van der Waals surface area contributed by atoms with Gasteiger partial charge in [-0.25, -0.2) is 4.68 Å². The van der Waals surface area contributed by atoms with Crippen molar-refractivity contribution in [3.05, 3.63) is 59.7 Å². The molecule has 3 aromatic rings. The Morgan fingerprint density at radius 1 is 1.06 bits per heavy atom. The average molecular weight is 434 g/mol. The predicted octanol–water partition coefficient (Wildman–Crippen LogP) is 4.92. The number of carbonyl (C=O) groups is 1. The molecular formula is C24H27N5OS. The molecule has 7 heteroatoms. The standard InChI is InChI=1S/C24H27N5OS/c1-16-10-9-13-19(17(16)2)25-22(30)20-24(14-7-4-8-15-24)28-29-21(26-27-23(29)31-20)18-11-5-3-6-12-18/h3,5-6,9-13,20,28H,4,7-8,14-15H2,1-2H3,(H,25,30)/t20-/m0/s1. The minimum absolute atomic E-state index is 0.0311. The van der Waals surface area contributed by atoms with Crippen LogP contribution in [-0.4, -0.2) is 31.6 Å². The fraction of sp³-hybridized carbons (Fsp3) is 0.375. The van der Waals surface area contributed by atoms with Gasteiger partial charge in [-0.15, -0.1) is 10.2 Å². The molecule has 1 fully saturated rings. The summed E-state index contributed by atoms with van der Waals surface area (Å²) in [5, 5.41) is 12.5. The van der Waals surface area contributed by atoms with Gasteiger partial charge in [0.05, 0.1) is 5.54 Å². The van der Waals surface area contributed by atoms with Crippen LogP contribution in [0, 0.1) is 13.8 Å². The lowest BCUT2D eigenvalue weighted by Crippen LogP contribution is -2.59. The van der Waals surface area contributed by atoms with Crippen molar-refractivity contribution >= 4 is 23.4 Å². The number of aromatic nitrogens is 3. The topological polar surface area (TPSA) is 71.8 Å². The third-order valence-electron chi connectivity index (χ3n) is 6.57. The zero-order chi connectivity index (χ0) is 21.4. The van der Waals surface area contributed by atoms with Gasteiger partial charge in [-0.2, -0.15) is 0 Å². The molecule has 5 rings (SSSR count). The fourth-order valence-corrected chi connectivity index (χ4v) is 5.88. The fourth-order valence-electron chi connectivity index (χ4n) is 4.67. The zero-order valence-corrected chi connectivity index (χ0v) is 18.7. The number of carbonyl (C=O) groups excluding carboxylic acids is 1. The number of benzene rings is 2. The number of fused-ring (bicyclic) bond motifs is 1. The van der Waals surface area contributed by atoms with Crippen LogP contribution >= 0.6 is 11.8 Å². The van der Waals surface area contributed by atoms with Crippen molar-refractivity contribution in [2.75, 3.05) is 10.7 Å². The number of thioether (sulfide) groups is 1. The third kappa shape index (κ3) is 3.61. The highest BCUT2D eigenvalue weighted by Crippen LogP contribution is 2.44. The van der Waals surface area contributed by atoms with E-state index in [4.69, 9.17) is 0 Å². The van der Waals surface area contributed by atoms with Crippen LogP contribution in [0.2, 0.25) is 0 Å². The lowest BCUT2D eigenvalue weighted by atomic mass is 9.79. The smallest absolute Gasteiger partial charge is 0.240 e. The molecule has 0 unspecified atom stereocenters. The highest BCUT2D eigenvalue weighted by Gasteiger charge is 2.49. The Hall–Kier alpha value is -2.80. The number of rotatable bonds is 3. The van der Waals surface area contributed by atoms with E-state index in [1.54, 1.807) is 0 Å². The Balaban J connectivity index is 1.50. The molecule has 1 amide bonds. The van der Waals surface area contributed by atoms with Gasteiger partial charge in [-0.3, -0.25) is 4.79 Å². The second-order valence-corrected chi connectivity index (χ2v) is 9.64. The van der Waals surface area contributed by atoms with Crippen molar-refractivity contribution in [2.45, 2.75) is 61.9 Å². The van der Waals surface area contributed by atoms with Gasteiger partial charge in [-0.1, -0.05) is 73.5 Å². The van der Waals surface area contributed by atoms with E-state index < -0.39 is 0 Å². The van der Waals surface area contributed by atoms with E-state index in [2.05, 4.69) is 40.9 Å². The molecule has 1 aliphatic carbocycles. The molecule has 160 valence electrons. The van der Waals surface area contributed by atoms with Crippen molar-refractivity contribution in [1.82, 2.24) is 14.9 Å². The van der Waals surface area contributed by atoms with E-state index in [1.807, 2.05) is 47.1 Å². The predicted molar refractivity (Wildman–Crippen MR) is 125 cm³/mol. The van der Waals surface area contributed by atoms with E-state index >= 15 is 0 Å². The Kier molecular flexibility index (Phi) is 5.22. The molecule has 31 heavy (non-hydrogen) atoms. The second kappa shape index (κ2) is 8.04. The van der Waals surface area contributed by atoms with Crippen LogP contribution < -0.4 is 10.7 Å². The molecule has 0 radical (unpaired) electrons. The molecule has 2 aliphatic rings. The summed E-state index contributed by atoms with van der Waals surface area (Å²) in [5.74, 6) is 0.824. The van der Waals surface area contributed by atoms with E-state index in [-0.39, 0.29) is 16.7 Å². The Bertz CT molecular complexity index is 1100. The summed E-state index contributed by atoms with van der Waals surface area (Å²) >= 11 is 1.53. The first kappa shape index (κ1) is 20.1. The summed E-state index contributed by atoms with van der Waals surface area (Å²) in [6.07, 6.45) is 5.34. The Morgan fingerprint density at radius 2 is 1.84 bits per heavy atom. The first-order chi connectivity index (χ1) is 15.1. The highest BCUT2D eigenvalue weighted by molar-refractivity contribution is 8.00. The molecule has 0 saturated heterocycles. The first-order valence-electron chi connectivity index (χ1n) is 10.9. The SMILES string of the molecule is Cc1cccc(NC(=O)[C@@H]2Sc3nnc(-c4ccccc4)n3NC23CCCCC3)c1C. The lowest BCUT2D eigenvalue weighted by Gasteiger charge is -2.46. The Morgan fingerprint density at radius 3 is 2.61 bits per heavy atom. The summed E-state index contributed by atoms with van der Waals surface area (Å²) in [6.45, 7) is 4.12. The lowest BCUT2D eigenvalue weighted by molar-refractivity contribution is -0.117. The van der Waals surface area contributed by atoms with Gasteiger partial charge in [0.1, 0.15) is 5.25 Å². The number of aryl methyl sites for hydroxylation is 1. The second-order valence-electron chi connectivity index (χ2n) is 8.57. The van der Waals surface area contributed by atoms with Crippen molar-refractivity contribution in [2.24, 2.45) is 0 Å². The number of nitrogens with one attached hydrogen (secondary N) is 2. The minimum Gasteiger partial charge on any atom is -0.325 e. The summed E-state index contributed by atoms with van der Waals surface area (Å²) in [4.78, 5) is 13.6. The summed E-state index contributed by atoms with van der Waals surface area (Å²) in [6, 6.07) is 16.1. The van der Waals surface area contributed by atoms with Gasteiger partial charge < -0.3 is 10.7 Å². The molecule has 1 aromatic heterocycles. The van der Waals surface area contributed by atoms with Gasteiger partial charge >= 0.3 is 0 Å². The molecule has 2 N–H and O–H groups in total. The normalized spacial score (nSPS) is 19.5. The van der Waals surface area contributed by atoms with Crippen LogP contribution in [0.3, 0.4) is 0 Å². The molecule has 1 atom stereocenters. The maximum atomic E-state index is 13.6. The quantitative estimate of drug-likeness (QED) is 0.613. The van der Waals surface area contributed by atoms with Crippen molar-refractivity contribution in [3.63, 3.8) is 0 Å². The number of amides is 1. The Labute approximate surface area is 186 Å². The minimum atomic E-state index is -0.316. The third-order valence-corrected chi connectivity index (χ3v) is 7.95. The van der Waals surface area contributed by atoms with Crippen molar-refractivity contribution < 1.29 is 4.79 Å². The maximum Gasteiger partial charge on any atom is 0.240 e. The number of hydrogen-bond acceptors (Lipinski definition) is 5. The number of nitrogens with zero attached hydrogens (tertiary/aromatic N) is 3. The zero-order valence-electron chi connectivity index (χ0n) is 17.9. The van der Waals surface area contributed by atoms with Gasteiger partial charge in [0.15, 0.2) is 5.82 Å². The largest absolute Gasteiger partial charge is 0.325 e. The van der Waals surface area contributed by atoms with Crippen LogP contribution in [-0.2, 0) is 4.79 Å². The molecule has 2 aromatic carbocycles. The van der Waals surface area contributed by atoms with Crippen molar-refractivity contribution in [3.8, 4) is 11.4 Å². The summed E-state index contributed by atoms with van der Waals surface area (Å²) in [5.41, 5.74) is 7.57.